The normalized spacial score (nSPS) is 29.6. The van der Waals surface area contributed by atoms with Crippen LogP contribution in [0.1, 0.15) is 27.2 Å². The SMILES string of the molecule is CCC(O)C(C)C(C)C1CNCCN1. The number of hydrogen-bond acceptors (Lipinski definition) is 3. The fraction of sp³-hybridized carbons (Fsp3) is 1.00. The van der Waals surface area contributed by atoms with Gasteiger partial charge in [0.05, 0.1) is 6.10 Å². The second-order valence-electron chi connectivity index (χ2n) is 4.46. The van der Waals surface area contributed by atoms with Crippen LogP contribution in [0.2, 0.25) is 0 Å². The predicted octanol–water partition coefficient (Wildman–Crippen LogP) is 0.591. The summed E-state index contributed by atoms with van der Waals surface area (Å²) in [6.07, 6.45) is 0.694. The molecule has 4 unspecified atom stereocenters. The summed E-state index contributed by atoms with van der Waals surface area (Å²) < 4.78 is 0. The van der Waals surface area contributed by atoms with Gasteiger partial charge in [0, 0.05) is 25.7 Å². The monoisotopic (exact) mass is 200 g/mol. The van der Waals surface area contributed by atoms with Crippen molar-refractivity contribution in [2.45, 2.75) is 39.3 Å². The Labute approximate surface area is 87.3 Å². The molecule has 1 aliphatic rings. The van der Waals surface area contributed by atoms with E-state index < -0.39 is 0 Å². The van der Waals surface area contributed by atoms with Gasteiger partial charge in [-0.05, 0) is 18.3 Å². The number of aliphatic hydroxyl groups is 1. The van der Waals surface area contributed by atoms with Gasteiger partial charge in [0.25, 0.3) is 0 Å². The summed E-state index contributed by atoms with van der Waals surface area (Å²) in [5, 5.41) is 16.7. The standard InChI is InChI=1S/C11H24N2O/c1-4-11(14)9(3)8(2)10-7-12-5-6-13-10/h8-14H,4-7H2,1-3H3. The molecule has 0 aromatic heterocycles. The van der Waals surface area contributed by atoms with E-state index in [0.29, 0.717) is 17.9 Å². The number of hydrogen-bond donors (Lipinski definition) is 3. The van der Waals surface area contributed by atoms with Gasteiger partial charge in [-0.25, -0.2) is 0 Å². The summed E-state index contributed by atoms with van der Waals surface area (Å²) >= 11 is 0. The summed E-state index contributed by atoms with van der Waals surface area (Å²) in [6.45, 7) is 9.56. The van der Waals surface area contributed by atoms with E-state index in [2.05, 4.69) is 24.5 Å². The first-order valence-corrected chi connectivity index (χ1v) is 5.79. The zero-order valence-corrected chi connectivity index (χ0v) is 9.59. The van der Waals surface area contributed by atoms with Gasteiger partial charge >= 0.3 is 0 Å². The molecule has 0 amide bonds. The molecule has 0 aromatic carbocycles. The molecule has 1 aliphatic heterocycles. The summed E-state index contributed by atoms with van der Waals surface area (Å²) in [5.41, 5.74) is 0. The summed E-state index contributed by atoms with van der Waals surface area (Å²) in [4.78, 5) is 0. The van der Waals surface area contributed by atoms with Crippen molar-refractivity contribution >= 4 is 0 Å². The fourth-order valence-corrected chi connectivity index (χ4v) is 2.14. The summed E-state index contributed by atoms with van der Waals surface area (Å²) in [5.74, 6) is 0.898. The Bertz CT molecular complexity index is 155. The molecule has 0 radical (unpaired) electrons. The zero-order chi connectivity index (χ0) is 10.6. The van der Waals surface area contributed by atoms with Crippen molar-refractivity contribution in [1.29, 1.82) is 0 Å². The van der Waals surface area contributed by atoms with Gasteiger partial charge in [0.15, 0.2) is 0 Å². The quantitative estimate of drug-likeness (QED) is 0.622. The van der Waals surface area contributed by atoms with Crippen LogP contribution >= 0.6 is 0 Å². The maximum atomic E-state index is 9.78. The molecule has 3 heteroatoms. The number of nitrogens with one attached hydrogen (secondary N) is 2. The fourth-order valence-electron chi connectivity index (χ4n) is 2.14. The van der Waals surface area contributed by atoms with Crippen LogP contribution in [0, 0.1) is 11.8 Å². The van der Waals surface area contributed by atoms with Gasteiger partial charge in [-0.15, -0.1) is 0 Å². The van der Waals surface area contributed by atoms with E-state index in [-0.39, 0.29) is 6.10 Å². The molecule has 0 saturated carbocycles. The molecule has 84 valence electrons. The van der Waals surface area contributed by atoms with Crippen molar-refractivity contribution in [3.8, 4) is 0 Å². The Kier molecular flexibility index (Phi) is 4.85. The molecule has 0 spiro atoms. The van der Waals surface area contributed by atoms with Gasteiger partial charge in [-0.1, -0.05) is 20.8 Å². The Hall–Kier alpha value is -0.120. The van der Waals surface area contributed by atoms with Crippen LogP contribution in [0.15, 0.2) is 0 Å². The molecule has 1 rings (SSSR count). The van der Waals surface area contributed by atoms with Crippen LogP contribution in [-0.4, -0.2) is 36.9 Å². The molecule has 3 N–H and O–H groups in total. The number of rotatable bonds is 4. The van der Waals surface area contributed by atoms with E-state index in [4.69, 9.17) is 0 Å². The lowest BCUT2D eigenvalue weighted by atomic mass is 9.83. The van der Waals surface area contributed by atoms with Crippen molar-refractivity contribution < 1.29 is 5.11 Å². The van der Waals surface area contributed by atoms with E-state index in [1.807, 2.05) is 6.92 Å². The molecule has 0 aliphatic carbocycles. The van der Waals surface area contributed by atoms with Gasteiger partial charge in [-0.2, -0.15) is 0 Å². The Morgan fingerprint density at radius 3 is 2.57 bits per heavy atom. The smallest absolute Gasteiger partial charge is 0.0566 e. The minimum atomic E-state index is -0.159. The van der Waals surface area contributed by atoms with Crippen LogP contribution < -0.4 is 10.6 Å². The predicted molar refractivity (Wildman–Crippen MR) is 59.3 cm³/mol. The molecule has 0 aromatic rings. The van der Waals surface area contributed by atoms with Crippen molar-refractivity contribution in [2.75, 3.05) is 19.6 Å². The lowest BCUT2D eigenvalue weighted by Gasteiger charge is -2.34. The van der Waals surface area contributed by atoms with Gasteiger partial charge in [0.2, 0.25) is 0 Å². The Morgan fingerprint density at radius 1 is 1.36 bits per heavy atom. The third-order valence-corrected chi connectivity index (χ3v) is 3.56. The van der Waals surface area contributed by atoms with E-state index in [9.17, 15) is 5.11 Å². The lowest BCUT2D eigenvalue weighted by Crippen LogP contribution is -2.53. The van der Waals surface area contributed by atoms with Crippen LogP contribution in [-0.2, 0) is 0 Å². The van der Waals surface area contributed by atoms with Gasteiger partial charge < -0.3 is 15.7 Å². The van der Waals surface area contributed by atoms with Crippen molar-refractivity contribution in [3.05, 3.63) is 0 Å². The largest absolute Gasteiger partial charge is 0.393 e. The summed E-state index contributed by atoms with van der Waals surface area (Å²) in [7, 11) is 0. The van der Waals surface area contributed by atoms with Crippen molar-refractivity contribution in [2.24, 2.45) is 11.8 Å². The first-order chi connectivity index (χ1) is 6.66. The minimum absolute atomic E-state index is 0.159. The lowest BCUT2D eigenvalue weighted by molar-refractivity contribution is 0.0692. The second kappa shape index (κ2) is 5.69. The average Bonchev–Trinajstić information content (AvgIpc) is 2.27. The van der Waals surface area contributed by atoms with Crippen LogP contribution in [0.4, 0.5) is 0 Å². The van der Waals surface area contributed by atoms with Crippen molar-refractivity contribution in [1.82, 2.24) is 10.6 Å². The highest BCUT2D eigenvalue weighted by Gasteiger charge is 2.27. The molecular weight excluding hydrogens is 176 g/mol. The number of aliphatic hydroxyl groups excluding tert-OH is 1. The maximum absolute atomic E-state index is 9.78. The Balaban J connectivity index is 2.41. The third kappa shape index (κ3) is 2.94. The first kappa shape index (κ1) is 12.0. The molecule has 14 heavy (non-hydrogen) atoms. The summed E-state index contributed by atoms with van der Waals surface area (Å²) in [6, 6.07) is 0.514. The molecule has 0 bridgehead atoms. The minimum Gasteiger partial charge on any atom is -0.393 e. The molecular formula is C11H24N2O. The second-order valence-corrected chi connectivity index (χ2v) is 4.46. The van der Waals surface area contributed by atoms with E-state index >= 15 is 0 Å². The van der Waals surface area contributed by atoms with E-state index in [0.717, 1.165) is 26.1 Å². The molecule has 4 atom stereocenters. The zero-order valence-electron chi connectivity index (χ0n) is 9.59. The molecule has 1 saturated heterocycles. The highest BCUT2D eigenvalue weighted by atomic mass is 16.3. The highest BCUT2D eigenvalue weighted by molar-refractivity contribution is 4.84. The third-order valence-electron chi connectivity index (χ3n) is 3.56. The highest BCUT2D eigenvalue weighted by Crippen LogP contribution is 2.21. The molecule has 1 fully saturated rings. The van der Waals surface area contributed by atoms with Crippen LogP contribution in [0.3, 0.4) is 0 Å². The Morgan fingerprint density at radius 2 is 2.07 bits per heavy atom. The average molecular weight is 200 g/mol. The van der Waals surface area contributed by atoms with Gasteiger partial charge in [0.1, 0.15) is 0 Å². The molecule has 3 nitrogen and oxygen atoms in total. The number of piperazine rings is 1. The topological polar surface area (TPSA) is 44.3 Å². The maximum Gasteiger partial charge on any atom is 0.0566 e. The van der Waals surface area contributed by atoms with E-state index in [1.54, 1.807) is 0 Å². The molecule has 1 heterocycles. The first-order valence-electron chi connectivity index (χ1n) is 5.79. The van der Waals surface area contributed by atoms with Crippen molar-refractivity contribution in [3.63, 3.8) is 0 Å². The van der Waals surface area contributed by atoms with Crippen LogP contribution in [0.25, 0.3) is 0 Å². The van der Waals surface area contributed by atoms with E-state index in [1.165, 1.54) is 0 Å². The van der Waals surface area contributed by atoms with Gasteiger partial charge in [-0.3, -0.25) is 0 Å². The van der Waals surface area contributed by atoms with Crippen LogP contribution in [0.5, 0.6) is 0 Å².